The highest BCUT2D eigenvalue weighted by molar-refractivity contribution is 7.86. The van der Waals surface area contributed by atoms with Crippen molar-refractivity contribution in [1.29, 1.82) is 0 Å². The first-order chi connectivity index (χ1) is 11.0. The molecular weight excluding hydrogens is 320 g/mol. The molecule has 0 unspecified atom stereocenters. The minimum Gasteiger partial charge on any atom is -0.465 e. The van der Waals surface area contributed by atoms with Gasteiger partial charge in [0.15, 0.2) is 0 Å². The number of benzene rings is 2. The van der Waals surface area contributed by atoms with Crippen molar-refractivity contribution in [2.24, 2.45) is 0 Å². The number of aromatic nitrogens is 2. The summed E-state index contributed by atoms with van der Waals surface area (Å²) in [5.74, 6) is -0.338. The lowest BCUT2D eigenvalue weighted by Gasteiger charge is -2.03. The van der Waals surface area contributed by atoms with E-state index in [0.29, 0.717) is 11.0 Å². The van der Waals surface area contributed by atoms with Gasteiger partial charge in [-0.1, -0.05) is 18.2 Å². The molecular formula is C15H12N2O5S. The highest BCUT2D eigenvalue weighted by Gasteiger charge is 2.22. The third-order valence-corrected chi connectivity index (χ3v) is 4.15. The topological polar surface area (TPSA) is 98.3 Å². The van der Waals surface area contributed by atoms with Crippen molar-refractivity contribution in [1.82, 2.24) is 9.97 Å². The van der Waals surface area contributed by atoms with Crippen molar-refractivity contribution in [2.45, 2.75) is 5.16 Å². The number of carbonyl (C=O) groups is 1. The molecule has 7 nitrogen and oxygen atoms in total. The van der Waals surface area contributed by atoms with Crippen LogP contribution in [0.2, 0.25) is 0 Å². The fourth-order valence-corrected chi connectivity index (χ4v) is 2.88. The van der Waals surface area contributed by atoms with Crippen molar-refractivity contribution in [3.63, 3.8) is 0 Å². The molecule has 1 heterocycles. The zero-order valence-corrected chi connectivity index (χ0v) is 12.8. The Morgan fingerprint density at radius 3 is 2.57 bits per heavy atom. The van der Waals surface area contributed by atoms with Crippen LogP contribution in [0.4, 0.5) is 0 Å². The molecule has 0 saturated heterocycles. The number of hydrogen-bond donors (Lipinski definition) is 1. The number of rotatable bonds is 4. The summed E-state index contributed by atoms with van der Waals surface area (Å²) >= 11 is 0. The number of hydrogen-bond acceptors (Lipinski definition) is 6. The molecule has 0 aliphatic heterocycles. The quantitative estimate of drug-likeness (QED) is 0.580. The Morgan fingerprint density at radius 2 is 1.87 bits per heavy atom. The summed E-state index contributed by atoms with van der Waals surface area (Å²) in [6.45, 7) is 0. The Kier molecular flexibility index (Phi) is 3.75. The van der Waals surface area contributed by atoms with Crippen molar-refractivity contribution in [3.8, 4) is 5.75 Å². The van der Waals surface area contributed by atoms with Crippen molar-refractivity contribution < 1.29 is 22.1 Å². The number of carbonyl (C=O) groups excluding carboxylic acids is 1. The summed E-state index contributed by atoms with van der Waals surface area (Å²) < 4.78 is 34.1. The highest BCUT2D eigenvalue weighted by atomic mass is 32.2. The minimum atomic E-state index is -4.10. The highest BCUT2D eigenvalue weighted by Crippen LogP contribution is 2.20. The number of nitrogens with zero attached hydrogens (tertiary/aromatic N) is 1. The number of imidazole rings is 1. The predicted octanol–water partition coefficient (Wildman–Crippen LogP) is 2.12. The average molecular weight is 332 g/mol. The number of methoxy groups -OCH3 is 1. The van der Waals surface area contributed by atoms with Gasteiger partial charge >= 0.3 is 16.1 Å². The van der Waals surface area contributed by atoms with E-state index in [-0.39, 0.29) is 16.5 Å². The number of esters is 1. The lowest BCUT2D eigenvalue weighted by atomic mass is 10.2. The molecule has 3 aromatic rings. The lowest BCUT2D eigenvalue weighted by Crippen LogP contribution is -2.11. The molecule has 118 valence electrons. The van der Waals surface area contributed by atoms with Gasteiger partial charge in [0.25, 0.3) is 5.16 Å². The van der Waals surface area contributed by atoms with Crippen LogP contribution in [0.3, 0.4) is 0 Å². The van der Waals surface area contributed by atoms with Crippen molar-refractivity contribution in [3.05, 3.63) is 54.1 Å². The second-order valence-corrected chi connectivity index (χ2v) is 6.08. The average Bonchev–Trinajstić information content (AvgIpc) is 2.98. The number of H-pyrrole nitrogens is 1. The first-order valence-electron chi connectivity index (χ1n) is 6.57. The molecule has 0 saturated carbocycles. The molecule has 0 fully saturated rings. The summed E-state index contributed by atoms with van der Waals surface area (Å²) in [5.41, 5.74) is 1.08. The van der Waals surface area contributed by atoms with E-state index in [0.717, 1.165) is 0 Å². The zero-order chi connectivity index (χ0) is 16.4. The zero-order valence-electron chi connectivity index (χ0n) is 12.0. The van der Waals surface area contributed by atoms with Gasteiger partial charge in [-0.15, -0.1) is 0 Å². The third-order valence-electron chi connectivity index (χ3n) is 3.07. The smallest absolute Gasteiger partial charge is 0.373 e. The normalized spacial score (nSPS) is 11.3. The second kappa shape index (κ2) is 5.73. The molecule has 23 heavy (non-hydrogen) atoms. The van der Waals surface area contributed by atoms with Crippen LogP contribution in [0, 0.1) is 0 Å². The van der Waals surface area contributed by atoms with Crippen LogP contribution in [0.1, 0.15) is 10.4 Å². The van der Waals surface area contributed by atoms with Crippen LogP contribution in [-0.2, 0) is 14.9 Å². The van der Waals surface area contributed by atoms with Gasteiger partial charge in [0.2, 0.25) is 0 Å². The van der Waals surface area contributed by atoms with E-state index in [1.54, 1.807) is 18.2 Å². The fourth-order valence-electron chi connectivity index (χ4n) is 1.99. The fraction of sp³-hybridized carbons (Fsp3) is 0.0667. The minimum absolute atomic E-state index is 0.184. The molecule has 0 aliphatic carbocycles. The third kappa shape index (κ3) is 3.02. The molecule has 2 aromatic carbocycles. The second-order valence-electron chi connectivity index (χ2n) is 4.62. The van der Waals surface area contributed by atoms with Gasteiger partial charge in [-0.3, -0.25) is 0 Å². The van der Waals surface area contributed by atoms with Gasteiger partial charge in [-0.25, -0.2) is 9.78 Å². The molecule has 0 spiro atoms. The van der Waals surface area contributed by atoms with E-state index in [2.05, 4.69) is 14.7 Å². The first-order valence-corrected chi connectivity index (χ1v) is 7.98. The number of ether oxygens (including phenoxy) is 1. The van der Waals surface area contributed by atoms with Crippen LogP contribution < -0.4 is 4.18 Å². The Balaban J connectivity index is 1.98. The molecule has 1 aromatic heterocycles. The summed E-state index contributed by atoms with van der Waals surface area (Å²) in [5, 5.41) is -0.335. The number of nitrogens with one attached hydrogen (secondary N) is 1. The first kappa shape index (κ1) is 15.0. The van der Waals surface area contributed by atoms with Gasteiger partial charge in [0, 0.05) is 0 Å². The van der Waals surface area contributed by atoms with E-state index < -0.39 is 16.1 Å². The Bertz CT molecular complexity index is 964. The van der Waals surface area contributed by atoms with Gasteiger partial charge in [-0.2, -0.15) is 8.42 Å². The van der Waals surface area contributed by atoms with Crippen LogP contribution in [0.15, 0.2) is 53.7 Å². The summed E-state index contributed by atoms with van der Waals surface area (Å²) in [4.78, 5) is 18.1. The standard InChI is InChI=1S/C15H12N2O5S/c1-21-14(18)10-7-8-12-13(9-10)17-15(16-12)23(19,20)22-11-5-3-2-4-6-11/h2-9H,1H3,(H,16,17). The monoisotopic (exact) mass is 332 g/mol. The SMILES string of the molecule is COC(=O)c1ccc2nc(S(=O)(=O)Oc3ccccc3)[nH]c2c1. The van der Waals surface area contributed by atoms with Gasteiger partial charge in [0.05, 0.1) is 23.7 Å². The van der Waals surface area contributed by atoms with Crippen LogP contribution in [0.5, 0.6) is 5.75 Å². The molecule has 0 atom stereocenters. The maximum Gasteiger partial charge on any atom is 0.373 e. The molecule has 0 bridgehead atoms. The van der Waals surface area contributed by atoms with E-state index in [4.69, 9.17) is 4.18 Å². The van der Waals surface area contributed by atoms with E-state index in [1.807, 2.05) is 0 Å². The Labute approximate surface area is 132 Å². The van der Waals surface area contributed by atoms with Gasteiger partial charge in [-0.05, 0) is 30.3 Å². The van der Waals surface area contributed by atoms with Gasteiger partial charge in [0.1, 0.15) is 5.75 Å². The molecule has 1 N–H and O–H groups in total. The predicted molar refractivity (Wildman–Crippen MR) is 81.7 cm³/mol. The maximum atomic E-state index is 12.2. The van der Waals surface area contributed by atoms with E-state index in [9.17, 15) is 13.2 Å². The summed E-state index contributed by atoms with van der Waals surface area (Å²) in [7, 11) is -2.83. The van der Waals surface area contributed by atoms with Crippen LogP contribution in [0.25, 0.3) is 11.0 Å². The molecule has 8 heteroatoms. The number of para-hydroxylation sites is 1. The number of aromatic amines is 1. The van der Waals surface area contributed by atoms with E-state index >= 15 is 0 Å². The van der Waals surface area contributed by atoms with Crippen LogP contribution >= 0.6 is 0 Å². The molecule has 0 radical (unpaired) electrons. The van der Waals surface area contributed by atoms with Gasteiger partial charge < -0.3 is 13.9 Å². The van der Waals surface area contributed by atoms with Crippen molar-refractivity contribution in [2.75, 3.05) is 7.11 Å². The maximum absolute atomic E-state index is 12.2. The Hall–Kier alpha value is -2.87. The number of fused-ring (bicyclic) bond motifs is 1. The molecule has 0 aliphatic rings. The van der Waals surface area contributed by atoms with Crippen molar-refractivity contribution >= 4 is 27.1 Å². The summed E-state index contributed by atoms with van der Waals surface area (Å²) in [6.07, 6.45) is 0. The van der Waals surface area contributed by atoms with Crippen LogP contribution in [-0.4, -0.2) is 31.5 Å². The molecule has 0 amide bonds. The summed E-state index contributed by atoms with van der Waals surface area (Å²) in [6, 6.07) is 12.6. The van der Waals surface area contributed by atoms with E-state index in [1.165, 1.54) is 37.4 Å². The Morgan fingerprint density at radius 1 is 1.13 bits per heavy atom. The largest absolute Gasteiger partial charge is 0.465 e. The molecule has 3 rings (SSSR count). The lowest BCUT2D eigenvalue weighted by molar-refractivity contribution is 0.0601.